The standard InChI is InChI=1S/C16H12N4O3S2/c1-10-3-2-4-13(14(10)20(22)23)15(21)18-11-5-7-12(8-6-11)25-16-19-17-9-24-16/h2-9H,1H3,(H,18,21). The molecule has 0 atom stereocenters. The van der Waals surface area contributed by atoms with Crippen LogP contribution < -0.4 is 5.32 Å². The van der Waals surface area contributed by atoms with E-state index in [2.05, 4.69) is 15.5 Å². The van der Waals surface area contributed by atoms with Gasteiger partial charge in [-0.05, 0) is 37.3 Å². The zero-order chi connectivity index (χ0) is 17.8. The van der Waals surface area contributed by atoms with Gasteiger partial charge in [0.1, 0.15) is 11.1 Å². The van der Waals surface area contributed by atoms with Crippen LogP contribution in [-0.4, -0.2) is 21.0 Å². The van der Waals surface area contributed by atoms with Crippen molar-refractivity contribution in [3.8, 4) is 0 Å². The molecule has 0 aliphatic heterocycles. The van der Waals surface area contributed by atoms with E-state index in [4.69, 9.17) is 0 Å². The highest BCUT2D eigenvalue weighted by atomic mass is 32.2. The number of aryl methyl sites for hydroxylation is 1. The van der Waals surface area contributed by atoms with Crippen molar-refractivity contribution in [2.24, 2.45) is 0 Å². The molecule has 1 N–H and O–H groups in total. The number of nitrogens with zero attached hydrogens (tertiary/aromatic N) is 3. The molecule has 3 rings (SSSR count). The zero-order valence-electron chi connectivity index (χ0n) is 13.0. The molecule has 0 aliphatic rings. The number of anilines is 1. The molecule has 0 saturated heterocycles. The maximum Gasteiger partial charge on any atom is 0.285 e. The molecular formula is C16H12N4O3S2. The highest BCUT2D eigenvalue weighted by molar-refractivity contribution is 8.01. The van der Waals surface area contributed by atoms with Gasteiger partial charge in [-0.2, -0.15) is 0 Å². The average molecular weight is 372 g/mol. The van der Waals surface area contributed by atoms with Crippen molar-refractivity contribution in [3.63, 3.8) is 0 Å². The predicted octanol–water partition coefficient (Wildman–Crippen LogP) is 4.16. The first-order valence-electron chi connectivity index (χ1n) is 7.14. The molecule has 1 aromatic heterocycles. The molecule has 25 heavy (non-hydrogen) atoms. The molecule has 0 unspecified atom stereocenters. The van der Waals surface area contributed by atoms with Crippen molar-refractivity contribution < 1.29 is 9.72 Å². The second kappa shape index (κ2) is 7.41. The SMILES string of the molecule is Cc1cccc(C(=O)Nc2ccc(Sc3nncs3)cc2)c1[N+](=O)[O-]. The summed E-state index contributed by atoms with van der Waals surface area (Å²) >= 11 is 2.91. The number of rotatable bonds is 5. The Morgan fingerprint density at radius 3 is 2.64 bits per heavy atom. The number of nitro benzene ring substituents is 1. The molecule has 0 fully saturated rings. The Morgan fingerprint density at radius 2 is 2.00 bits per heavy atom. The Labute approximate surface area is 151 Å². The molecule has 2 aromatic carbocycles. The minimum Gasteiger partial charge on any atom is -0.322 e. The molecule has 1 heterocycles. The molecule has 9 heteroatoms. The fraction of sp³-hybridized carbons (Fsp3) is 0.0625. The van der Waals surface area contributed by atoms with Crippen LogP contribution in [0.2, 0.25) is 0 Å². The van der Waals surface area contributed by atoms with Crippen LogP contribution in [0.25, 0.3) is 0 Å². The maximum atomic E-state index is 12.4. The summed E-state index contributed by atoms with van der Waals surface area (Å²) in [5.41, 5.74) is 2.52. The summed E-state index contributed by atoms with van der Waals surface area (Å²) < 4.78 is 0.826. The maximum absolute atomic E-state index is 12.4. The summed E-state index contributed by atoms with van der Waals surface area (Å²) in [6.45, 7) is 1.61. The molecule has 0 radical (unpaired) electrons. The number of carbonyl (C=O) groups excluding carboxylic acids is 1. The van der Waals surface area contributed by atoms with Crippen LogP contribution in [0.5, 0.6) is 0 Å². The van der Waals surface area contributed by atoms with Crippen molar-refractivity contribution in [2.75, 3.05) is 5.32 Å². The van der Waals surface area contributed by atoms with Gasteiger partial charge in [0, 0.05) is 16.1 Å². The van der Waals surface area contributed by atoms with Crippen LogP contribution in [0, 0.1) is 17.0 Å². The van der Waals surface area contributed by atoms with Gasteiger partial charge in [-0.15, -0.1) is 10.2 Å². The van der Waals surface area contributed by atoms with Crippen LogP contribution in [0.15, 0.2) is 57.2 Å². The van der Waals surface area contributed by atoms with Crippen molar-refractivity contribution in [3.05, 3.63) is 69.2 Å². The second-order valence-electron chi connectivity index (χ2n) is 5.01. The first kappa shape index (κ1) is 17.1. The van der Waals surface area contributed by atoms with Crippen molar-refractivity contribution in [1.29, 1.82) is 0 Å². The topological polar surface area (TPSA) is 98.0 Å². The van der Waals surface area contributed by atoms with Crippen LogP contribution >= 0.6 is 23.1 Å². The van der Waals surface area contributed by atoms with E-state index in [0.717, 1.165) is 9.24 Å². The van der Waals surface area contributed by atoms with Gasteiger partial charge in [-0.3, -0.25) is 14.9 Å². The lowest BCUT2D eigenvalue weighted by Crippen LogP contribution is -2.14. The predicted molar refractivity (Wildman–Crippen MR) is 96.3 cm³/mol. The number of benzene rings is 2. The smallest absolute Gasteiger partial charge is 0.285 e. The Morgan fingerprint density at radius 1 is 1.24 bits per heavy atom. The van der Waals surface area contributed by atoms with Gasteiger partial charge in [0.2, 0.25) is 0 Å². The van der Waals surface area contributed by atoms with Crippen molar-refractivity contribution >= 4 is 40.4 Å². The second-order valence-corrected chi connectivity index (χ2v) is 7.17. The lowest BCUT2D eigenvalue weighted by atomic mass is 10.1. The molecule has 3 aromatic rings. The average Bonchev–Trinajstić information content (AvgIpc) is 3.09. The third-order valence-corrected chi connectivity index (χ3v) is 5.11. The van der Waals surface area contributed by atoms with Crippen molar-refractivity contribution in [2.45, 2.75) is 16.2 Å². The van der Waals surface area contributed by atoms with Crippen LogP contribution in [0.4, 0.5) is 11.4 Å². The van der Waals surface area contributed by atoms with Gasteiger partial charge in [0.15, 0.2) is 4.34 Å². The lowest BCUT2D eigenvalue weighted by Gasteiger charge is -2.07. The fourth-order valence-corrected chi connectivity index (χ4v) is 3.65. The van der Waals surface area contributed by atoms with E-state index in [0.29, 0.717) is 11.3 Å². The number of hydrogen-bond donors (Lipinski definition) is 1. The quantitative estimate of drug-likeness (QED) is 0.533. The van der Waals surface area contributed by atoms with Gasteiger partial charge in [-0.1, -0.05) is 35.2 Å². The fourth-order valence-electron chi connectivity index (χ4n) is 2.20. The Hall–Kier alpha value is -2.78. The van der Waals surface area contributed by atoms with E-state index in [-0.39, 0.29) is 11.3 Å². The minimum absolute atomic E-state index is 0.0392. The molecule has 7 nitrogen and oxygen atoms in total. The number of para-hydroxylation sites is 1. The Kier molecular flexibility index (Phi) is 5.05. The van der Waals surface area contributed by atoms with E-state index in [1.165, 1.54) is 29.2 Å². The van der Waals surface area contributed by atoms with Gasteiger partial charge < -0.3 is 5.32 Å². The number of carbonyl (C=O) groups is 1. The highest BCUT2D eigenvalue weighted by Crippen LogP contribution is 2.29. The Balaban J connectivity index is 1.75. The van der Waals surface area contributed by atoms with E-state index >= 15 is 0 Å². The molecule has 0 spiro atoms. The summed E-state index contributed by atoms with van der Waals surface area (Å²) in [6.07, 6.45) is 0. The van der Waals surface area contributed by atoms with Gasteiger partial charge in [0.25, 0.3) is 11.6 Å². The summed E-state index contributed by atoms with van der Waals surface area (Å²) in [5, 5.41) is 21.6. The summed E-state index contributed by atoms with van der Waals surface area (Å²) in [7, 11) is 0. The third kappa shape index (κ3) is 4.01. The molecule has 0 saturated carbocycles. The van der Waals surface area contributed by atoms with Crippen LogP contribution in [-0.2, 0) is 0 Å². The van der Waals surface area contributed by atoms with E-state index in [9.17, 15) is 14.9 Å². The number of aromatic nitrogens is 2. The number of nitro groups is 1. The van der Waals surface area contributed by atoms with E-state index in [1.807, 2.05) is 12.1 Å². The summed E-state index contributed by atoms with van der Waals surface area (Å²) in [5.74, 6) is -0.514. The molecule has 0 bridgehead atoms. The summed E-state index contributed by atoms with van der Waals surface area (Å²) in [6, 6.07) is 11.8. The lowest BCUT2D eigenvalue weighted by molar-refractivity contribution is -0.385. The third-order valence-electron chi connectivity index (χ3n) is 3.32. The van der Waals surface area contributed by atoms with E-state index < -0.39 is 10.8 Å². The summed E-state index contributed by atoms with van der Waals surface area (Å²) in [4.78, 5) is 24.0. The number of amides is 1. The molecular weight excluding hydrogens is 360 g/mol. The zero-order valence-corrected chi connectivity index (χ0v) is 14.6. The Bertz CT molecular complexity index is 912. The van der Waals surface area contributed by atoms with Crippen molar-refractivity contribution in [1.82, 2.24) is 10.2 Å². The molecule has 1 amide bonds. The number of hydrogen-bond acceptors (Lipinski definition) is 7. The largest absolute Gasteiger partial charge is 0.322 e. The van der Waals surface area contributed by atoms with Gasteiger partial charge in [0.05, 0.1) is 4.92 Å². The monoisotopic (exact) mass is 372 g/mol. The molecule has 126 valence electrons. The van der Waals surface area contributed by atoms with Crippen LogP contribution in [0.1, 0.15) is 15.9 Å². The minimum atomic E-state index is -0.536. The first-order valence-corrected chi connectivity index (χ1v) is 8.83. The van der Waals surface area contributed by atoms with Gasteiger partial charge in [-0.25, -0.2) is 0 Å². The normalized spacial score (nSPS) is 10.4. The van der Waals surface area contributed by atoms with Crippen LogP contribution in [0.3, 0.4) is 0 Å². The first-order chi connectivity index (χ1) is 12.0. The van der Waals surface area contributed by atoms with Gasteiger partial charge >= 0.3 is 0 Å². The van der Waals surface area contributed by atoms with E-state index in [1.54, 1.807) is 36.7 Å². The highest BCUT2D eigenvalue weighted by Gasteiger charge is 2.22. The molecule has 0 aliphatic carbocycles. The number of nitrogens with one attached hydrogen (secondary N) is 1.